The summed E-state index contributed by atoms with van der Waals surface area (Å²) < 4.78 is 402. The minimum atomic E-state index is -8.95. The zero-order valence-corrected chi connectivity index (χ0v) is 23.6. The van der Waals surface area contributed by atoms with Crippen molar-refractivity contribution in [3.05, 3.63) is 0 Å². The molecule has 0 aromatic heterocycles. The van der Waals surface area contributed by atoms with Gasteiger partial charge in [-0.3, -0.25) is 0 Å². The summed E-state index contributed by atoms with van der Waals surface area (Å²) >= 11 is 0. The molecule has 0 saturated heterocycles. The number of hydrogen-bond acceptors (Lipinski definition) is 2. The monoisotopic (exact) mass is 854 g/mol. The second kappa shape index (κ2) is 13.5. The molecule has 0 aliphatic heterocycles. The molecule has 0 bridgehead atoms. The first kappa shape index (κ1) is 49.8. The Morgan fingerprint density at radius 3 is 0.654 bits per heavy atom. The van der Waals surface area contributed by atoms with Gasteiger partial charge in [0.25, 0.3) is 0 Å². The lowest BCUT2D eigenvalue weighted by molar-refractivity contribution is -0.462. The molecular formula is C20H12F30O2. The lowest BCUT2D eigenvalue weighted by Gasteiger charge is -2.42. The minimum Gasteiger partial charge on any atom is -0.353 e. The topological polar surface area (TPSA) is 18.5 Å². The van der Waals surface area contributed by atoms with Gasteiger partial charge >= 0.3 is 83.4 Å². The highest BCUT2D eigenvalue weighted by Gasteiger charge is 2.95. The molecule has 0 fully saturated rings. The average molecular weight is 854 g/mol. The molecule has 0 aliphatic carbocycles. The van der Waals surface area contributed by atoms with Crippen LogP contribution < -0.4 is 0 Å². The zero-order chi connectivity index (χ0) is 42.8. The highest BCUT2D eigenvalue weighted by molar-refractivity contribution is 5.15. The Hall–Kier alpha value is -2.18. The Bertz CT molecular complexity index is 1210. The van der Waals surface area contributed by atoms with Crippen LogP contribution in [-0.2, 0) is 9.47 Å². The summed E-state index contributed by atoms with van der Waals surface area (Å²) in [5.74, 6) is -98.3. The quantitative estimate of drug-likeness (QED) is 0.101. The Kier molecular flexibility index (Phi) is 13.0. The molecular weight excluding hydrogens is 842 g/mol. The van der Waals surface area contributed by atoms with Crippen LogP contribution in [0.1, 0.15) is 19.8 Å². The maximum Gasteiger partial charge on any atom is 0.460 e. The molecule has 1 atom stereocenters. The van der Waals surface area contributed by atoms with Crippen molar-refractivity contribution in [3.8, 4) is 0 Å². The van der Waals surface area contributed by atoms with E-state index in [0.717, 1.165) is 0 Å². The highest BCUT2D eigenvalue weighted by Crippen LogP contribution is 2.65. The molecule has 0 heterocycles. The summed E-state index contributed by atoms with van der Waals surface area (Å²) in [6.45, 7) is -4.72. The third kappa shape index (κ3) is 7.30. The smallest absolute Gasteiger partial charge is 0.353 e. The molecule has 0 radical (unpaired) electrons. The molecule has 0 N–H and O–H groups in total. The van der Waals surface area contributed by atoms with Gasteiger partial charge in [0.15, 0.2) is 6.29 Å². The fraction of sp³-hybridized carbons (Fsp3) is 1.00. The van der Waals surface area contributed by atoms with Crippen LogP contribution in [-0.4, -0.2) is 103 Å². The van der Waals surface area contributed by atoms with E-state index in [4.69, 9.17) is 0 Å². The van der Waals surface area contributed by atoms with E-state index in [0.29, 0.717) is 0 Å². The first-order valence-electron chi connectivity index (χ1n) is 12.0. The Morgan fingerprint density at radius 1 is 0.288 bits per heavy atom. The predicted molar refractivity (Wildman–Crippen MR) is 102 cm³/mol. The number of halogens is 30. The second-order valence-corrected chi connectivity index (χ2v) is 9.96. The van der Waals surface area contributed by atoms with Crippen LogP contribution in [0.25, 0.3) is 0 Å². The Labute approximate surface area is 265 Å². The summed E-state index contributed by atoms with van der Waals surface area (Å²) in [5.41, 5.74) is 0. The third-order valence-corrected chi connectivity index (χ3v) is 6.32. The maximum atomic E-state index is 13.8. The Morgan fingerprint density at radius 2 is 0.462 bits per heavy atom. The molecule has 0 rings (SSSR count). The van der Waals surface area contributed by atoms with E-state index in [1.807, 2.05) is 0 Å². The number of alkyl halides is 30. The molecule has 0 amide bonds. The van der Waals surface area contributed by atoms with Gasteiger partial charge in [-0.15, -0.1) is 0 Å². The predicted octanol–water partition coefficient (Wildman–Crippen LogP) is 10.9. The van der Waals surface area contributed by atoms with Gasteiger partial charge in [-0.05, 0) is 6.92 Å². The van der Waals surface area contributed by atoms with Gasteiger partial charge in [-0.1, -0.05) is 0 Å². The van der Waals surface area contributed by atoms with E-state index < -0.39 is 116 Å². The van der Waals surface area contributed by atoms with Gasteiger partial charge < -0.3 is 9.47 Å². The first-order chi connectivity index (χ1) is 22.1. The largest absolute Gasteiger partial charge is 0.460 e. The van der Waals surface area contributed by atoms with E-state index in [1.54, 1.807) is 0 Å². The molecule has 0 spiro atoms. The van der Waals surface area contributed by atoms with Crippen molar-refractivity contribution in [3.63, 3.8) is 0 Å². The van der Waals surface area contributed by atoms with Crippen LogP contribution in [0.4, 0.5) is 132 Å². The lowest BCUT2D eigenvalue weighted by Crippen LogP contribution is -2.74. The summed E-state index contributed by atoms with van der Waals surface area (Å²) in [7, 11) is 0. The van der Waals surface area contributed by atoms with Gasteiger partial charge in [-0.25, -0.2) is 0 Å². The molecule has 0 aromatic rings. The van der Waals surface area contributed by atoms with Crippen LogP contribution in [0.5, 0.6) is 0 Å². The standard InChI is InChI=1S/C20H12F30O2/c1-6(52-5-3-8(23,24)10(27,28)12(31,32)15(37,38)17(41,42)19(45,46)47)51-4-2-7(21,22)9(25,26)11(29,30)13(33,34)14(35,36)16(39,40)18(43,44)20(48,49)50/h6H,2-5H2,1H3. The summed E-state index contributed by atoms with van der Waals surface area (Å²) in [4.78, 5) is 0. The normalized spacial score (nSPS) is 17.1. The highest BCUT2D eigenvalue weighted by atomic mass is 19.4. The van der Waals surface area contributed by atoms with E-state index in [1.165, 1.54) is 0 Å². The van der Waals surface area contributed by atoms with Crippen LogP contribution in [0.15, 0.2) is 0 Å². The van der Waals surface area contributed by atoms with Gasteiger partial charge in [0, 0.05) is 12.8 Å². The van der Waals surface area contributed by atoms with Crippen LogP contribution in [0.3, 0.4) is 0 Å². The first-order valence-corrected chi connectivity index (χ1v) is 12.0. The number of rotatable bonds is 18. The van der Waals surface area contributed by atoms with Crippen molar-refractivity contribution in [2.45, 2.75) is 109 Å². The average Bonchev–Trinajstić information content (AvgIpc) is 2.90. The minimum absolute atomic E-state index is 0.116. The van der Waals surface area contributed by atoms with Crippen molar-refractivity contribution < 1.29 is 141 Å². The molecule has 1 unspecified atom stereocenters. The fourth-order valence-electron chi connectivity index (χ4n) is 3.07. The maximum absolute atomic E-state index is 13.8. The van der Waals surface area contributed by atoms with Crippen LogP contribution >= 0.6 is 0 Å². The zero-order valence-electron chi connectivity index (χ0n) is 23.6. The van der Waals surface area contributed by atoms with Crippen molar-refractivity contribution in [2.24, 2.45) is 0 Å². The second-order valence-electron chi connectivity index (χ2n) is 9.96. The van der Waals surface area contributed by atoms with E-state index >= 15 is 0 Å². The summed E-state index contributed by atoms with van der Waals surface area (Å²) in [6, 6.07) is 0. The van der Waals surface area contributed by atoms with Gasteiger partial charge in [0.2, 0.25) is 0 Å². The van der Waals surface area contributed by atoms with Crippen molar-refractivity contribution in [1.82, 2.24) is 0 Å². The molecule has 0 aliphatic rings. The summed E-state index contributed by atoms with van der Waals surface area (Å²) in [6.07, 6.45) is -24.9. The lowest BCUT2D eigenvalue weighted by atomic mass is 9.88. The van der Waals surface area contributed by atoms with Gasteiger partial charge in [-0.2, -0.15) is 132 Å². The van der Waals surface area contributed by atoms with E-state index in [9.17, 15) is 132 Å². The molecule has 314 valence electrons. The SMILES string of the molecule is CC(OCCC(F)(F)C(F)(F)C(F)(F)C(F)(F)C(F)(F)C(F)(F)F)OCCC(F)(F)C(F)(F)C(F)(F)C(F)(F)C(F)(F)C(F)(F)C(F)(F)C(F)(F)F. The van der Waals surface area contributed by atoms with Gasteiger partial charge in [0.1, 0.15) is 0 Å². The molecule has 0 saturated carbocycles. The van der Waals surface area contributed by atoms with E-state index in [-0.39, 0.29) is 6.92 Å². The molecule has 52 heavy (non-hydrogen) atoms. The third-order valence-electron chi connectivity index (χ3n) is 6.32. The van der Waals surface area contributed by atoms with Crippen LogP contribution in [0, 0.1) is 0 Å². The number of ether oxygens (including phenoxy) is 2. The molecule has 2 nitrogen and oxygen atoms in total. The van der Waals surface area contributed by atoms with Crippen LogP contribution in [0.2, 0.25) is 0 Å². The molecule has 0 aromatic carbocycles. The van der Waals surface area contributed by atoms with Gasteiger partial charge in [0.05, 0.1) is 13.2 Å². The van der Waals surface area contributed by atoms with Crippen molar-refractivity contribution in [1.29, 1.82) is 0 Å². The summed E-state index contributed by atoms with van der Waals surface area (Å²) in [5, 5.41) is 0. The molecule has 32 heteroatoms. The fourth-order valence-corrected chi connectivity index (χ4v) is 3.07. The Balaban J connectivity index is 5.91. The van der Waals surface area contributed by atoms with E-state index in [2.05, 4.69) is 9.47 Å². The van der Waals surface area contributed by atoms with Crippen molar-refractivity contribution in [2.75, 3.05) is 13.2 Å². The number of hydrogen-bond donors (Lipinski definition) is 0. The van der Waals surface area contributed by atoms with Crippen molar-refractivity contribution >= 4 is 0 Å².